The average Bonchev–Trinajstić information content (AvgIpc) is 2.09. The van der Waals surface area contributed by atoms with E-state index in [1.54, 1.807) is 6.20 Å². The van der Waals surface area contributed by atoms with Crippen LogP contribution in [0.2, 0.25) is 0 Å². The van der Waals surface area contributed by atoms with Gasteiger partial charge in [0.1, 0.15) is 11.8 Å². The van der Waals surface area contributed by atoms with E-state index in [9.17, 15) is 0 Å². The minimum Gasteiger partial charge on any atom is -0.244 e. The van der Waals surface area contributed by atoms with E-state index in [2.05, 4.69) is 27.8 Å². The third kappa shape index (κ3) is 2.05. The first-order valence-corrected chi connectivity index (χ1v) is 4.61. The van der Waals surface area contributed by atoms with Gasteiger partial charge in [-0.05, 0) is 34.0 Å². The molecule has 12 heavy (non-hydrogen) atoms. The Hall–Kier alpha value is -0.880. The van der Waals surface area contributed by atoms with Crippen LogP contribution in [-0.2, 0) is 6.42 Å². The molecule has 0 aliphatic rings. The minimum atomic E-state index is 0.488. The molecule has 62 valence electrons. The Morgan fingerprint density at radius 3 is 3.00 bits per heavy atom. The Labute approximate surface area is 80.4 Å². The second-order valence-electron chi connectivity index (χ2n) is 2.52. The van der Waals surface area contributed by atoms with Crippen LogP contribution in [0.3, 0.4) is 0 Å². The van der Waals surface area contributed by atoms with Gasteiger partial charge in [0.15, 0.2) is 0 Å². The van der Waals surface area contributed by atoms with Crippen LogP contribution in [0.5, 0.6) is 0 Å². The second-order valence-corrected chi connectivity index (χ2v) is 3.38. The predicted octanol–water partition coefficient (Wildman–Crippen LogP) is 2.67. The van der Waals surface area contributed by atoms with Gasteiger partial charge in [0, 0.05) is 10.7 Å². The zero-order valence-corrected chi connectivity index (χ0v) is 8.43. The quantitative estimate of drug-likeness (QED) is 0.775. The largest absolute Gasteiger partial charge is 0.244 e. The molecule has 0 spiro atoms. The molecule has 0 aliphatic heterocycles. The maximum Gasteiger partial charge on any atom is 0.140 e. The Balaban J connectivity index is 3.01. The molecule has 0 bridgehead atoms. The molecule has 1 rings (SSSR count). The Morgan fingerprint density at radius 2 is 2.42 bits per heavy atom. The van der Waals surface area contributed by atoms with Gasteiger partial charge in [0.2, 0.25) is 0 Å². The molecule has 0 amide bonds. The zero-order chi connectivity index (χ0) is 8.97. The number of halogens is 1. The first-order valence-electron chi connectivity index (χ1n) is 3.82. The number of pyridine rings is 1. The van der Waals surface area contributed by atoms with Crippen LogP contribution < -0.4 is 0 Å². The Morgan fingerprint density at radius 1 is 1.67 bits per heavy atom. The molecule has 0 aromatic carbocycles. The summed E-state index contributed by atoms with van der Waals surface area (Å²) in [5.41, 5.74) is 1.64. The van der Waals surface area contributed by atoms with Gasteiger partial charge in [-0.25, -0.2) is 4.98 Å². The maximum atomic E-state index is 8.59. The molecule has 0 saturated heterocycles. The summed E-state index contributed by atoms with van der Waals surface area (Å²) in [5, 5.41) is 8.59. The molecular formula is C9H9BrN2. The summed E-state index contributed by atoms with van der Waals surface area (Å²) in [6, 6.07) is 3.85. The summed E-state index contributed by atoms with van der Waals surface area (Å²) in [7, 11) is 0. The van der Waals surface area contributed by atoms with E-state index in [1.807, 2.05) is 12.1 Å². The predicted molar refractivity (Wildman–Crippen MR) is 50.6 cm³/mol. The molecule has 1 heterocycles. The Bertz CT molecular complexity index is 315. The number of hydrogen-bond donors (Lipinski definition) is 0. The lowest BCUT2D eigenvalue weighted by atomic mass is 10.1. The third-order valence-electron chi connectivity index (χ3n) is 1.57. The smallest absolute Gasteiger partial charge is 0.140 e. The van der Waals surface area contributed by atoms with E-state index < -0.39 is 0 Å². The zero-order valence-electron chi connectivity index (χ0n) is 6.84. The summed E-state index contributed by atoms with van der Waals surface area (Å²) >= 11 is 3.39. The van der Waals surface area contributed by atoms with Crippen molar-refractivity contribution in [2.24, 2.45) is 0 Å². The molecule has 3 heteroatoms. The van der Waals surface area contributed by atoms with Crippen molar-refractivity contribution in [2.75, 3.05) is 0 Å². The molecule has 1 aromatic rings. The van der Waals surface area contributed by atoms with Crippen LogP contribution in [0.25, 0.3) is 0 Å². The Kier molecular flexibility index (Phi) is 3.24. The molecule has 0 fully saturated rings. The highest BCUT2D eigenvalue weighted by molar-refractivity contribution is 9.10. The van der Waals surface area contributed by atoms with Crippen LogP contribution in [0.1, 0.15) is 24.6 Å². The summed E-state index contributed by atoms with van der Waals surface area (Å²) in [5.74, 6) is 0. The van der Waals surface area contributed by atoms with Crippen molar-refractivity contribution < 1.29 is 0 Å². The van der Waals surface area contributed by atoms with E-state index in [4.69, 9.17) is 5.26 Å². The van der Waals surface area contributed by atoms with Crippen molar-refractivity contribution in [1.82, 2.24) is 4.98 Å². The van der Waals surface area contributed by atoms with Gasteiger partial charge in [-0.3, -0.25) is 0 Å². The van der Waals surface area contributed by atoms with E-state index in [0.29, 0.717) is 5.69 Å². The van der Waals surface area contributed by atoms with E-state index in [-0.39, 0.29) is 0 Å². The van der Waals surface area contributed by atoms with E-state index >= 15 is 0 Å². The number of aromatic nitrogens is 1. The van der Waals surface area contributed by atoms with Gasteiger partial charge in [0.25, 0.3) is 0 Å². The topological polar surface area (TPSA) is 36.7 Å². The van der Waals surface area contributed by atoms with E-state index in [1.165, 1.54) is 0 Å². The minimum absolute atomic E-state index is 0.488. The fourth-order valence-electron chi connectivity index (χ4n) is 1.00. The van der Waals surface area contributed by atoms with E-state index in [0.717, 1.165) is 22.9 Å². The molecule has 1 aromatic heterocycles. The van der Waals surface area contributed by atoms with Gasteiger partial charge in [0.05, 0.1) is 0 Å². The summed E-state index contributed by atoms with van der Waals surface area (Å²) in [6.45, 7) is 2.11. The lowest BCUT2D eigenvalue weighted by molar-refractivity contribution is 0.911. The standard InChI is InChI=1S/C9H9BrN2/c1-2-3-7-4-8(5-11)12-6-9(7)10/h4,6H,2-3H2,1H3. The molecule has 2 nitrogen and oxygen atoms in total. The van der Waals surface area contributed by atoms with Crippen molar-refractivity contribution in [3.8, 4) is 6.07 Å². The molecule has 0 radical (unpaired) electrons. The summed E-state index contributed by atoms with van der Waals surface area (Å²) in [6.07, 6.45) is 3.74. The second kappa shape index (κ2) is 4.22. The SMILES string of the molecule is CCCc1cc(C#N)ncc1Br. The number of hydrogen-bond acceptors (Lipinski definition) is 2. The van der Waals surface area contributed by atoms with Crippen molar-refractivity contribution in [3.05, 3.63) is 28.0 Å². The fraction of sp³-hybridized carbons (Fsp3) is 0.333. The lowest BCUT2D eigenvalue weighted by Gasteiger charge is -2.00. The molecule has 0 atom stereocenters. The van der Waals surface area contributed by atoms with Gasteiger partial charge >= 0.3 is 0 Å². The molecular weight excluding hydrogens is 216 g/mol. The van der Waals surface area contributed by atoms with Crippen LogP contribution in [0, 0.1) is 11.3 Å². The normalized spacial score (nSPS) is 9.42. The van der Waals surface area contributed by atoms with Crippen LogP contribution >= 0.6 is 15.9 Å². The van der Waals surface area contributed by atoms with Gasteiger partial charge in [-0.1, -0.05) is 13.3 Å². The van der Waals surface area contributed by atoms with Gasteiger partial charge in [-0.2, -0.15) is 5.26 Å². The van der Waals surface area contributed by atoms with Crippen molar-refractivity contribution in [3.63, 3.8) is 0 Å². The van der Waals surface area contributed by atoms with Crippen LogP contribution in [-0.4, -0.2) is 4.98 Å². The molecule has 0 aliphatic carbocycles. The number of nitrogens with zero attached hydrogens (tertiary/aromatic N) is 2. The third-order valence-corrected chi connectivity index (χ3v) is 2.28. The molecule has 0 N–H and O–H groups in total. The fourth-order valence-corrected chi connectivity index (χ4v) is 1.42. The monoisotopic (exact) mass is 224 g/mol. The van der Waals surface area contributed by atoms with Gasteiger partial charge in [-0.15, -0.1) is 0 Å². The van der Waals surface area contributed by atoms with Crippen molar-refractivity contribution in [2.45, 2.75) is 19.8 Å². The highest BCUT2D eigenvalue weighted by Crippen LogP contribution is 2.17. The number of aryl methyl sites for hydroxylation is 1. The highest BCUT2D eigenvalue weighted by atomic mass is 79.9. The molecule has 0 saturated carbocycles. The van der Waals surface area contributed by atoms with Gasteiger partial charge < -0.3 is 0 Å². The summed E-state index contributed by atoms with van der Waals surface area (Å²) in [4.78, 5) is 3.93. The van der Waals surface area contributed by atoms with Crippen molar-refractivity contribution in [1.29, 1.82) is 5.26 Å². The molecule has 0 unspecified atom stereocenters. The van der Waals surface area contributed by atoms with Crippen LogP contribution in [0.15, 0.2) is 16.7 Å². The number of nitriles is 1. The van der Waals surface area contributed by atoms with Crippen molar-refractivity contribution >= 4 is 15.9 Å². The summed E-state index contributed by atoms with van der Waals surface area (Å²) < 4.78 is 0.989. The first-order chi connectivity index (χ1) is 5.77. The maximum absolute atomic E-state index is 8.59. The van der Waals surface area contributed by atoms with Crippen LogP contribution in [0.4, 0.5) is 0 Å². The average molecular weight is 225 g/mol. The first kappa shape index (κ1) is 9.21. The number of rotatable bonds is 2. The lowest BCUT2D eigenvalue weighted by Crippen LogP contribution is -1.90. The highest BCUT2D eigenvalue weighted by Gasteiger charge is 2.00.